The van der Waals surface area contributed by atoms with E-state index in [4.69, 9.17) is 12.2 Å². The Morgan fingerprint density at radius 3 is 2.32 bits per heavy atom. The van der Waals surface area contributed by atoms with E-state index in [0.717, 1.165) is 0 Å². The van der Waals surface area contributed by atoms with E-state index in [9.17, 15) is 14.4 Å². The maximum Gasteiger partial charge on any atom is 0.270 e. The first kappa shape index (κ1) is 20.7. The summed E-state index contributed by atoms with van der Waals surface area (Å²) in [6.07, 6.45) is 0. The van der Waals surface area contributed by atoms with Gasteiger partial charge in [-0.3, -0.25) is 29.8 Å². The van der Waals surface area contributed by atoms with E-state index < -0.39 is 11.8 Å². The highest BCUT2D eigenvalue weighted by Gasteiger charge is 2.13. The van der Waals surface area contributed by atoms with Gasteiger partial charge in [0.05, 0.1) is 22.2 Å². The average molecular weight is 495 g/mol. The second-order valence-corrected chi connectivity index (χ2v) is 7.80. The van der Waals surface area contributed by atoms with E-state index in [-0.39, 0.29) is 15.9 Å². The highest BCUT2D eigenvalue weighted by atomic mass is 79.9. The zero-order chi connectivity index (χ0) is 22.0. The van der Waals surface area contributed by atoms with Gasteiger partial charge in [-0.25, -0.2) is 0 Å². The van der Waals surface area contributed by atoms with Crippen molar-refractivity contribution in [1.29, 1.82) is 0 Å². The number of amides is 2. The number of fused-ring (bicyclic) bond motifs is 1. The molecule has 0 aliphatic rings. The average Bonchev–Trinajstić information content (AvgIpc) is 2.78. The van der Waals surface area contributed by atoms with Crippen LogP contribution >= 0.6 is 28.1 Å². The Labute approximate surface area is 189 Å². The lowest BCUT2D eigenvalue weighted by Crippen LogP contribution is -2.41. The van der Waals surface area contributed by atoms with Crippen LogP contribution in [0.25, 0.3) is 16.6 Å². The Morgan fingerprint density at radius 1 is 0.903 bits per heavy atom. The normalized spacial score (nSPS) is 10.6. The molecule has 0 saturated carbocycles. The summed E-state index contributed by atoms with van der Waals surface area (Å²) in [4.78, 5) is 40.7. The summed E-state index contributed by atoms with van der Waals surface area (Å²) in [7, 11) is 0. The molecule has 0 fully saturated rings. The number of nitrogens with zero attached hydrogens (tertiary/aromatic N) is 1. The molecule has 154 valence electrons. The molecule has 3 aromatic carbocycles. The van der Waals surface area contributed by atoms with E-state index in [2.05, 4.69) is 31.8 Å². The first-order valence-corrected chi connectivity index (χ1v) is 10.4. The number of H-pyrrole nitrogens is 1. The molecular weight excluding hydrogens is 480 g/mol. The fourth-order valence-corrected chi connectivity index (χ4v) is 3.83. The molecule has 7 nitrogen and oxygen atoms in total. The third-order valence-corrected chi connectivity index (χ3v) is 5.56. The molecule has 0 spiro atoms. The summed E-state index contributed by atoms with van der Waals surface area (Å²) in [5.41, 5.74) is 6.16. The van der Waals surface area contributed by atoms with Crippen LogP contribution < -0.4 is 16.4 Å². The van der Waals surface area contributed by atoms with Crippen molar-refractivity contribution in [2.24, 2.45) is 0 Å². The van der Waals surface area contributed by atoms with E-state index >= 15 is 0 Å². The number of benzene rings is 3. The highest BCUT2D eigenvalue weighted by Crippen LogP contribution is 2.16. The highest BCUT2D eigenvalue weighted by molar-refractivity contribution is 9.10. The largest absolute Gasteiger partial charge is 0.331 e. The topological polar surface area (TPSA) is 96.0 Å². The minimum Gasteiger partial charge on any atom is -0.331 e. The van der Waals surface area contributed by atoms with Gasteiger partial charge in [0.1, 0.15) is 0 Å². The van der Waals surface area contributed by atoms with Crippen molar-refractivity contribution >= 4 is 50.9 Å². The SMILES string of the molecule is O=C(NNC(=O)c1ccccc1Br)c1ccc2c(=O)n(-c3ccccc3)c(=S)[nH]c2c1. The molecule has 4 aromatic rings. The molecule has 0 aliphatic carbocycles. The zero-order valence-electron chi connectivity index (χ0n) is 15.9. The van der Waals surface area contributed by atoms with Gasteiger partial charge in [0, 0.05) is 10.0 Å². The molecule has 0 radical (unpaired) electrons. The number of hydrazine groups is 1. The van der Waals surface area contributed by atoms with Gasteiger partial charge in [0.2, 0.25) is 0 Å². The minimum absolute atomic E-state index is 0.212. The van der Waals surface area contributed by atoms with Gasteiger partial charge >= 0.3 is 0 Å². The lowest BCUT2D eigenvalue weighted by molar-refractivity contribution is 0.0846. The van der Waals surface area contributed by atoms with Crippen molar-refractivity contribution in [1.82, 2.24) is 20.4 Å². The van der Waals surface area contributed by atoms with Crippen LogP contribution in [-0.4, -0.2) is 21.4 Å². The van der Waals surface area contributed by atoms with Crippen LogP contribution in [0.2, 0.25) is 0 Å². The Hall–Kier alpha value is -3.56. The molecule has 0 aliphatic heterocycles. The van der Waals surface area contributed by atoms with Crippen LogP contribution in [0.3, 0.4) is 0 Å². The standard InChI is InChI=1S/C22H15BrN4O3S/c23-17-9-5-4-8-15(17)20(29)26-25-19(28)13-10-11-16-18(12-13)24-22(31)27(21(16)30)14-6-2-1-3-7-14/h1-12H,(H,24,31)(H,25,28)(H,26,29). The van der Waals surface area contributed by atoms with Gasteiger partial charge in [-0.2, -0.15) is 0 Å². The van der Waals surface area contributed by atoms with Crippen molar-refractivity contribution in [2.45, 2.75) is 0 Å². The maximum absolute atomic E-state index is 12.9. The molecule has 1 heterocycles. The Morgan fingerprint density at radius 2 is 1.58 bits per heavy atom. The lowest BCUT2D eigenvalue weighted by atomic mass is 10.1. The smallest absolute Gasteiger partial charge is 0.270 e. The molecule has 0 saturated heterocycles. The Balaban J connectivity index is 1.60. The van der Waals surface area contributed by atoms with Crippen LogP contribution in [0.1, 0.15) is 20.7 Å². The molecule has 2 amide bonds. The quantitative estimate of drug-likeness (QED) is 0.297. The van der Waals surface area contributed by atoms with E-state index in [0.29, 0.717) is 26.6 Å². The van der Waals surface area contributed by atoms with Gasteiger partial charge in [0.15, 0.2) is 4.77 Å². The number of aromatic amines is 1. The molecule has 9 heteroatoms. The van der Waals surface area contributed by atoms with Crippen LogP contribution in [0.4, 0.5) is 0 Å². The van der Waals surface area contributed by atoms with Crippen LogP contribution in [0, 0.1) is 4.77 Å². The number of aromatic nitrogens is 2. The fourth-order valence-electron chi connectivity index (χ4n) is 3.07. The van der Waals surface area contributed by atoms with Gasteiger partial charge < -0.3 is 4.98 Å². The van der Waals surface area contributed by atoms with Crippen molar-refractivity contribution in [3.63, 3.8) is 0 Å². The van der Waals surface area contributed by atoms with Crippen molar-refractivity contribution in [3.05, 3.63) is 104 Å². The summed E-state index contributed by atoms with van der Waals surface area (Å²) in [6.45, 7) is 0. The number of nitrogens with one attached hydrogen (secondary N) is 3. The first-order valence-electron chi connectivity index (χ1n) is 9.15. The molecule has 31 heavy (non-hydrogen) atoms. The number of halogens is 1. The molecule has 3 N–H and O–H groups in total. The Kier molecular flexibility index (Phi) is 5.79. The first-order chi connectivity index (χ1) is 15.0. The fraction of sp³-hybridized carbons (Fsp3) is 0. The number of para-hydroxylation sites is 1. The zero-order valence-corrected chi connectivity index (χ0v) is 18.3. The molecule has 0 atom stereocenters. The Bertz CT molecular complexity index is 1430. The van der Waals surface area contributed by atoms with Crippen LogP contribution in [0.5, 0.6) is 0 Å². The monoisotopic (exact) mass is 494 g/mol. The number of rotatable bonds is 3. The van der Waals surface area contributed by atoms with Crippen LogP contribution in [-0.2, 0) is 0 Å². The summed E-state index contributed by atoms with van der Waals surface area (Å²) in [5, 5.41) is 0.381. The maximum atomic E-state index is 12.9. The predicted molar refractivity (Wildman–Crippen MR) is 124 cm³/mol. The molecule has 0 bridgehead atoms. The second kappa shape index (κ2) is 8.66. The summed E-state index contributed by atoms with van der Waals surface area (Å²) in [6, 6.07) is 20.5. The van der Waals surface area contributed by atoms with E-state index in [1.165, 1.54) is 16.7 Å². The molecule has 0 unspecified atom stereocenters. The van der Waals surface area contributed by atoms with Crippen molar-refractivity contribution in [2.75, 3.05) is 0 Å². The van der Waals surface area contributed by atoms with Gasteiger partial charge in [-0.15, -0.1) is 0 Å². The molecule has 1 aromatic heterocycles. The second-order valence-electron chi connectivity index (χ2n) is 6.55. The van der Waals surface area contributed by atoms with Gasteiger partial charge in [-0.1, -0.05) is 30.3 Å². The lowest BCUT2D eigenvalue weighted by Gasteiger charge is -2.10. The van der Waals surface area contributed by atoms with Crippen molar-refractivity contribution < 1.29 is 9.59 Å². The third kappa shape index (κ3) is 4.18. The number of hydrogen-bond donors (Lipinski definition) is 3. The summed E-state index contributed by atoms with van der Waals surface area (Å²) < 4.78 is 2.22. The van der Waals surface area contributed by atoms with E-state index in [1.807, 2.05) is 18.2 Å². The number of carbonyl (C=O) groups is 2. The summed E-state index contributed by atoms with van der Waals surface area (Å²) >= 11 is 8.65. The molecule has 4 rings (SSSR count). The van der Waals surface area contributed by atoms with Gasteiger partial charge in [0.25, 0.3) is 17.4 Å². The van der Waals surface area contributed by atoms with Crippen molar-refractivity contribution in [3.8, 4) is 5.69 Å². The predicted octanol–water partition coefficient (Wildman–Crippen LogP) is 3.89. The summed E-state index contributed by atoms with van der Waals surface area (Å²) in [5.74, 6) is -0.999. The minimum atomic E-state index is -0.533. The van der Waals surface area contributed by atoms with Gasteiger partial charge in [-0.05, 0) is 70.6 Å². The molecular formula is C22H15BrN4O3S. The third-order valence-electron chi connectivity index (χ3n) is 4.58. The number of carbonyl (C=O) groups excluding carboxylic acids is 2. The van der Waals surface area contributed by atoms with E-state index in [1.54, 1.807) is 42.5 Å². The number of hydrogen-bond acceptors (Lipinski definition) is 4. The van der Waals surface area contributed by atoms with Crippen LogP contribution in [0.15, 0.2) is 82.1 Å².